The summed E-state index contributed by atoms with van der Waals surface area (Å²) in [5, 5.41) is 13.6. The quantitative estimate of drug-likeness (QED) is 0.656. The Morgan fingerprint density at radius 1 is 1.23 bits per heavy atom. The molecule has 1 amide bonds. The van der Waals surface area contributed by atoms with E-state index in [1.165, 1.54) is 6.07 Å². The Hall–Kier alpha value is -2.89. The first-order chi connectivity index (χ1) is 10.6. The van der Waals surface area contributed by atoms with Crippen LogP contribution in [0.5, 0.6) is 5.75 Å². The number of nitro benzene ring substituents is 1. The second-order valence-electron chi connectivity index (χ2n) is 4.78. The van der Waals surface area contributed by atoms with Crippen LogP contribution in [0.4, 0.5) is 5.69 Å². The summed E-state index contributed by atoms with van der Waals surface area (Å²) < 4.78 is 5.28. The number of nitrogens with one attached hydrogen (secondary N) is 1. The van der Waals surface area contributed by atoms with Gasteiger partial charge >= 0.3 is 5.69 Å². The van der Waals surface area contributed by atoms with Crippen LogP contribution >= 0.6 is 0 Å². The molecule has 114 valence electrons. The van der Waals surface area contributed by atoms with E-state index in [9.17, 15) is 14.9 Å². The molecule has 6 heteroatoms. The molecule has 2 aromatic carbocycles. The van der Waals surface area contributed by atoms with E-state index in [4.69, 9.17) is 4.74 Å². The van der Waals surface area contributed by atoms with Crippen molar-refractivity contribution in [2.45, 2.75) is 13.5 Å². The zero-order valence-electron chi connectivity index (χ0n) is 12.1. The molecule has 0 aliphatic carbocycles. The number of ether oxygens (including phenoxy) is 1. The van der Waals surface area contributed by atoms with E-state index in [0.29, 0.717) is 6.54 Å². The number of benzene rings is 2. The minimum atomic E-state index is -0.531. The van der Waals surface area contributed by atoms with Crippen molar-refractivity contribution >= 4 is 11.6 Å². The fourth-order valence-electron chi connectivity index (χ4n) is 1.88. The van der Waals surface area contributed by atoms with Gasteiger partial charge in [-0.15, -0.1) is 0 Å². The number of rotatable bonds is 6. The number of amides is 1. The van der Waals surface area contributed by atoms with Crippen molar-refractivity contribution in [1.29, 1.82) is 0 Å². The molecule has 2 rings (SSSR count). The molecule has 0 atom stereocenters. The maximum absolute atomic E-state index is 11.7. The molecule has 6 nitrogen and oxygen atoms in total. The summed E-state index contributed by atoms with van der Waals surface area (Å²) in [6.45, 7) is 1.92. The Morgan fingerprint density at radius 2 is 1.95 bits per heavy atom. The zero-order chi connectivity index (χ0) is 15.9. The summed E-state index contributed by atoms with van der Waals surface area (Å²) in [5.41, 5.74) is 1.64. The number of hydrogen-bond acceptors (Lipinski definition) is 4. The fourth-order valence-corrected chi connectivity index (χ4v) is 1.88. The van der Waals surface area contributed by atoms with Crippen molar-refractivity contribution in [2.75, 3.05) is 6.61 Å². The van der Waals surface area contributed by atoms with E-state index in [0.717, 1.165) is 11.1 Å². The van der Waals surface area contributed by atoms with Gasteiger partial charge in [0.05, 0.1) is 4.92 Å². The van der Waals surface area contributed by atoms with Gasteiger partial charge in [0.25, 0.3) is 5.91 Å². The molecule has 2 aromatic rings. The van der Waals surface area contributed by atoms with Crippen LogP contribution < -0.4 is 10.1 Å². The minimum absolute atomic E-state index is 0.0971. The van der Waals surface area contributed by atoms with Crippen LogP contribution in [0.1, 0.15) is 11.1 Å². The molecule has 0 saturated carbocycles. The van der Waals surface area contributed by atoms with Crippen LogP contribution in [0.3, 0.4) is 0 Å². The lowest BCUT2D eigenvalue weighted by Crippen LogP contribution is -2.28. The number of nitrogens with zero attached hydrogens (tertiary/aromatic N) is 1. The van der Waals surface area contributed by atoms with Crippen LogP contribution in [-0.2, 0) is 11.3 Å². The highest BCUT2D eigenvalue weighted by Gasteiger charge is 2.15. The summed E-state index contributed by atoms with van der Waals surface area (Å²) in [6, 6.07) is 14.0. The lowest BCUT2D eigenvalue weighted by atomic mass is 10.2. The standard InChI is InChI=1S/C16H16N2O4/c1-12-7-8-14(18(20)21)15(9-12)22-11-16(19)17-10-13-5-3-2-4-6-13/h2-9H,10-11H2,1H3,(H,17,19). The largest absolute Gasteiger partial charge is 0.477 e. The van der Waals surface area contributed by atoms with Crippen molar-refractivity contribution in [2.24, 2.45) is 0 Å². The van der Waals surface area contributed by atoms with E-state index < -0.39 is 4.92 Å². The van der Waals surface area contributed by atoms with E-state index in [-0.39, 0.29) is 24.0 Å². The molecule has 0 aromatic heterocycles. The van der Waals surface area contributed by atoms with Crippen LogP contribution in [0.15, 0.2) is 48.5 Å². The molecule has 0 unspecified atom stereocenters. The van der Waals surface area contributed by atoms with E-state index >= 15 is 0 Å². The van der Waals surface area contributed by atoms with Gasteiger partial charge in [-0.1, -0.05) is 36.4 Å². The van der Waals surface area contributed by atoms with Gasteiger partial charge in [0, 0.05) is 12.6 Å². The van der Waals surface area contributed by atoms with E-state index in [1.54, 1.807) is 19.1 Å². The normalized spacial score (nSPS) is 10.0. The summed E-state index contributed by atoms with van der Waals surface area (Å²) in [7, 11) is 0. The summed E-state index contributed by atoms with van der Waals surface area (Å²) in [4.78, 5) is 22.1. The third kappa shape index (κ3) is 4.31. The number of carbonyl (C=O) groups is 1. The Balaban J connectivity index is 1.91. The van der Waals surface area contributed by atoms with Crippen LogP contribution in [0.25, 0.3) is 0 Å². The highest BCUT2D eigenvalue weighted by atomic mass is 16.6. The molecule has 0 fully saturated rings. The summed E-state index contributed by atoms with van der Waals surface area (Å²) in [6.07, 6.45) is 0. The third-order valence-electron chi connectivity index (χ3n) is 3.00. The van der Waals surface area contributed by atoms with E-state index in [1.807, 2.05) is 30.3 Å². The number of nitro groups is 1. The van der Waals surface area contributed by atoms with Crippen molar-refractivity contribution in [1.82, 2.24) is 5.32 Å². The molecule has 0 saturated heterocycles. The Kier molecular flexibility index (Phi) is 5.08. The highest BCUT2D eigenvalue weighted by molar-refractivity contribution is 5.77. The fraction of sp³-hybridized carbons (Fsp3) is 0.188. The lowest BCUT2D eigenvalue weighted by molar-refractivity contribution is -0.385. The van der Waals surface area contributed by atoms with E-state index in [2.05, 4.69) is 5.32 Å². The van der Waals surface area contributed by atoms with Gasteiger partial charge < -0.3 is 10.1 Å². The average molecular weight is 300 g/mol. The molecule has 0 aliphatic heterocycles. The Labute approximate surface area is 127 Å². The molecule has 22 heavy (non-hydrogen) atoms. The van der Waals surface area contributed by atoms with Gasteiger partial charge in [-0.3, -0.25) is 14.9 Å². The lowest BCUT2D eigenvalue weighted by Gasteiger charge is -2.08. The summed E-state index contributed by atoms with van der Waals surface area (Å²) >= 11 is 0. The Bertz CT molecular complexity index is 671. The number of carbonyl (C=O) groups excluding carboxylic acids is 1. The van der Waals surface area contributed by atoms with Crippen molar-refractivity contribution < 1.29 is 14.5 Å². The Morgan fingerprint density at radius 3 is 2.64 bits per heavy atom. The highest BCUT2D eigenvalue weighted by Crippen LogP contribution is 2.27. The first kappa shape index (κ1) is 15.5. The molecule has 0 radical (unpaired) electrons. The molecule has 1 N–H and O–H groups in total. The smallest absolute Gasteiger partial charge is 0.310 e. The van der Waals surface area contributed by atoms with Gasteiger partial charge in [-0.25, -0.2) is 0 Å². The second-order valence-corrected chi connectivity index (χ2v) is 4.78. The monoisotopic (exact) mass is 300 g/mol. The number of aryl methyl sites for hydroxylation is 1. The molecule has 0 bridgehead atoms. The van der Waals surface area contributed by atoms with Gasteiger partial charge in [0.15, 0.2) is 12.4 Å². The molecule has 0 aliphatic rings. The van der Waals surface area contributed by atoms with Crippen LogP contribution in [0.2, 0.25) is 0 Å². The van der Waals surface area contributed by atoms with Crippen LogP contribution in [0, 0.1) is 17.0 Å². The van der Waals surface area contributed by atoms with Crippen molar-refractivity contribution in [3.8, 4) is 5.75 Å². The first-order valence-electron chi connectivity index (χ1n) is 6.75. The predicted molar refractivity (Wildman–Crippen MR) is 81.6 cm³/mol. The summed E-state index contributed by atoms with van der Waals surface area (Å²) in [5.74, 6) is -0.237. The molecular weight excluding hydrogens is 284 g/mol. The topological polar surface area (TPSA) is 81.5 Å². The van der Waals surface area contributed by atoms with Crippen molar-refractivity contribution in [3.05, 3.63) is 69.8 Å². The minimum Gasteiger partial charge on any atom is -0.477 e. The predicted octanol–water partition coefficient (Wildman–Crippen LogP) is 2.60. The van der Waals surface area contributed by atoms with Crippen molar-refractivity contribution in [3.63, 3.8) is 0 Å². The van der Waals surface area contributed by atoms with Crippen LogP contribution in [-0.4, -0.2) is 17.4 Å². The molecule has 0 spiro atoms. The molecule has 0 heterocycles. The average Bonchev–Trinajstić information content (AvgIpc) is 2.51. The maximum atomic E-state index is 11.7. The zero-order valence-corrected chi connectivity index (χ0v) is 12.1. The van der Waals surface area contributed by atoms with Gasteiger partial charge in [0.1, 0.15) is 0 Å². The first-order valence-corrected chi connectivity index (χ1v) is 6.75. The number of hydrogen-bond donors (Lipinski definition) is 1. The second kappa shape index (κ2) is 7.21. The molecular formula is C16H16N2O4. The third-order valence-corrected chi connectivity index (χ3v) is 3.00. The maximum Gasteiger partial charge on any atom is 0.310 e. The van der Waals surface area contributed by atoms with Gasteiger partial charge in [-0.2, -0.15) is 0 Å². The van der Waals surface area contributed by atoms with Gasteiger partial charge in [0.2, 0.25) is 0 Å². The van der Waals surface area contributed by atoms with Gasteiger partial charge in [-0.05, 0) is 24.1 Å². The SMILES string of the molecule is Cc1ccc([N+](=O)[O-])c(OCC(=O)NCc2ccccc2)c1.